The fourth-order valence-electron chi connectivity index (χ4n) is 13.3. The van der Waals surface area contributed by atoms with Crippen molar-refractivity contribution in [1.29, 1.82) is 0 Å². The number of hydrogen-bond donors (Lipinski definition) is 21. The third-order valence-electron chi connectivity index (χ3n) is 19.8. The molecule has 3 saturated heterocycles. The van der Waals surface area contributed by atoms with E-state index in [4.69, 9.17) is 26.7 Å². The molecule has 1 aromatic rings. The zero-order chi connectivity index (χ0) is 85.9. The van der Waals surface area contributed by atoms with E-state index in [1.165, 1.54) is 45.0 Å². The van der Waals surface area contributed by atoms with E-state index in [9.17, 15) is 108 Å². The second-order valence-electron chi connectivity index (χ2n) is 30.1. The summed E-state index contributed by atoms with van der Waals surface area (Å²) in [6.45, 7) is 8.59. The van der Waals surface area contributed by atoms with Gasteiger partial charge in [-0.25, -0.2) is 4.79 Å². The molecule has 0 saturated carbocycles. The van der Waals surface area contributed by atoms with Gasteiger partial charge in [-0.05, 0) is 96.9 Å². The van der Waals surface area contributed by atoms with Crippen LogP contribution in [0.1, 0.15) is 177 Å². The molecule has 3 aliphatic rings. The summed E-state index contributed by atoms with van der Waals surface area (Å²) >= 11 is 0. The molecule has 3 fully saturated rings. The van der Waals surface area contributed by atoms with Crippen LogP contribution in [-0.4, -0.2) is 295 Å². The maximum absolute atomic E-state index is 14.9. The third-order valence-corrected chi connectivity index (χ3v) is 19.8. The number of aliphatic hydroxyl groups is 7. The molecule has 115 heavy (non-hydrogen) atoms. The van der Waals surface area contributed by atoms with E-state index in [1.54, 1.807) is 0 Å². The van der Waals surface area contributed by atoms with Crippen molar-refractivity contribution in [2.24, 2.45) is 23.1 Å². The average Bonchev–Trinajstić information content (AvgIpc) is 1.67. The lowest BCUT2D eigenvalue weighted by molar-refractivity contribution is -0.155. The third kappa shape index (κ3) is 32.4. The molecule has 24 N–H and O–H groups in total. The number of rotatable bonds is 30. The smallest absolute Gasteiger partial charge is 0.328 e. The van der Waals surface area contributed by atoms with Crippen LogP contribution in [0.5, 0.6) is 5.75 Å². The predicted octanol–water partition coefficient (Wildman–Crippen LogP) is -6.72. The number of amides is 14. The van der Waals surface area contributed by atoms with Crippen molar-refractivity contribution in [3.8, 4) is 5.75 Å². The van der Waals surface area contributed by atoms with Crippen LogP contribution in [0.25, 0.3) is 0 Å². The maximum Gasteiger partial charge on any atom is 0.328 e. The molecule has 3 aliphatic heterocycles. The lowest BCUT2D eigenvalue weighted by atomic mass is 9.99. The summed E-state index contributed by atoms with van der Waals surface area (Å²) in [5, 5.41) is 104. The van der Waals surface area contributed by atoms with Gasteiger partial charge in [-0.1, -0.05) is 97.1 Å². The quantitative estimate of drug-likeness (QED) is 0.0251. The molecular weight excluding hydrogens is 1510 g/mol. The van der Waals surface area contributed by atoms with Crippen molar-refractivity contribution in [2.45, 2.75) is 293 Å². The van der Waals surface area contributed by atoms with Crippen LogP contribution in [0.15, 0.2) is 24.3 Å². The summed E-state index contributed by atoms with van der Waals surface area (Å²) in [6, 6.07) is -14.1. The van der Waals surface area contributed by atoms with Crippen molar-refractivity contribution >= 4 is 88.7 Å². The van der Waals surface area contributed by atoms with Gasteiger partial charge in [-0.15, -0.1) is 0 Å². The van der Waals surface area contributed by atoms with Crippen molar-refractivity contribution in [3.05, 3.63) is 29.8 Å². The van der Waals surface area contributed by atoms with Crippen LogP contribution in [0.2, 0.25) is 0 Å². The van der Waals surface area contributed by atoms with Crippen LogP contribution < -0.4 is 80.4 Å². The molecule has 3 heterocycles. The molecule has 4 rings (SSSR count). The number of primary amides is 1. The van der Waals surface area contributed by atoms with Crippen LogP contribution in [0.4, 0.5) is 0 Å². The van der Waals surface area contributed by atoms with Gasteiger partial charge < -0.3 is 131 Å². The van der Waals surface area contributed by atoms with Crippen molar-refractivity contribution < 1.29 is 117 Å². The maximum atomic E-state index is 14.9. The van der Waals surface area contributed by atoms with E-state index in [0.717, 1.165) is 90.4 Å². The molecule has 0 aromatic heterocycles. The van der Waals surface area contributed by atoms with Gasteiger partial charge in [0.15, 0.2) is 6.61 Å². The molecule has 0 aliphatic carbocycles. The summed E-state index contributed by atoms with van der Waals surface area (Å²) in [5.41, 5.74) is 17.0. The average molecular weight is 1630 g/mol. The highest BCUT2D eigenvalue weighted by Crippen LogP contribution is 2.25. The van der Waals surface area contributed by atoms with E-state index in [-0.39, 0.29) is 64.1 Å². The zero-order valence-electron chi connectivity index (χ0n) is 66.9. The predicted molar refractivity (Wildman–Crippen MR) is 411 cm³/mol. The minimum Gasteiger partial charge on any atom is -0.484 e. The van der Waals surface area contributed by atoms with Gasteiger partial charge >= 0.3 is 5.97 Å². The van der Waals surface area contributed by atoms with E-state index < -0.39 is 249 Å². The van der Waals surface area contributed by atoms with E-state index >= 15 is 0 Å². The molecule has 40 heteroatoms. The Morgan fingerprint density at radius 1 is 0.565 bits per heavy atom. The number of carbonyl (C=O) groups is 15. The molecule has 0 unspecified atom stereocenters. The van der Waals surface area contributed by atoms with Crippen molar-refractivity contribution in [3.63, 3.8) is 0 Å². The molecule has 0 bridgehead atoms. The van der Waals surface area contributed by atoms with Gasteiger partial charge in [0.2, 0.25) is 76.8 Å². The molecule has 14 amide bonds. The fourth-order valence-corrected chi connectivity index (χ4v) is 13.3. The highest BCUT2D eigenvalue weighted by atomic mass is 16.5. The number of nitrogens with one attached hydrogen (secondary N) is 11. The Bertz CT molecular complexity index is 3410. The Morgan fingerprint density at radius 3 is 1.65 bits per heavy atom. The number of ether oxygens (including phenoxy) is 2. The minimum atomic E-state index is -2.23. The molecule has 1 aromatic carbocycles. The normalized spacial score (nSPS) is 27.1. The molecule has 0 spiro atoms. The first-order chi connectivity index (χ1) is 54.3. The van der Waals surface area contributed by atoms with E-state index in [1.807, 2.05) is 0 Å². The number of aliphatic hydroxyl groups excluding tert-OH is 7. The summed E-state index contributed by atoms with van der Waals surface area (Å²) in [4.78, 5) is 212. The topological polar surface area (TPSA) is 633 Å². The highest BCUT2D eigenvalue weighted by Gasteiger charge is 2.48. The van der Waals surface area contributed by atoms with E-state index in [0.29, 0.717) is 23.3 Å². The minimum absolute atomic E-state index is 0.0244. The van der Waals surface area contributed by atoms with Gasteiger partial charge in [0.25, 0.3) is 5.91 Å². The lowest BCUT2D eigenvalue weighted by Crippen LogP contribution is -2.64. The summed E-state index contributed by atoms with van der Waals surface area (Å²) in [6.07, 6.45) is -6.26. The first kappa shape index (κ1) is 98.1. The zero-order valence-corrected chi connectivity index (χ0v) is 66.9. The Morgan fingerprint density at radius 2 is 1.09 bits per heavy atom. The first-order valence-electron chi connectivity index (χ1n) is 39.6. The van der Waals surface area contributed by atoms with Gasteiger partial charge in [-0.3, -0.25) is 67.1 Å². The fraction of sp³-hybridized carbons (Fsp3) is 0.720. The Hall–Kier alpha value is -9.29. The number of hydrogen-bond acceptors (Lipinski definition) is 26. The number of fused-ring (bicyclic) bond motifs is 2. The molecule has 648 valence electrons. The Balaban J connectivity index is 1.83. The SMILES string of the molecule is CCCCCCCCCCCCC[C@@H]1CC(=O)N[C@H]([C@@H](C)O)C(=O)N[C@H](C)C(=O)N[C@@H](Cc2ccc(OCC(=O)NCCN)cc2)C(=O)N[C@@H](C(C)C)C(=O)N2C[C@H](O)C[C@H]2C(=O)N[C@H]([C@@H](C)O)C(=O)N[C@@H]([C@@H](C)O)C(=O)N2CC[C@H](O)[C@H]2C(=O)N[C@@H]([C@H](O)CC(N)=O)C(=O)NCC(=O)N[C@H]([C@@H](C)O)C(=O)N[C@@H](CCCN)C(=O)O1. The standard InChI is InChI=1S/C75H124N16O24/c1-9-10-11-12-13-14-15-16-17-18-19-21-48-34-55(100)84-59(41(5)92)69(107)81-40(4)65(103)83-50(32-45-23-25-47(26-24-45)114-38-57(102)79-30-29-77)66(104)86-58(39(2)3)73(111)91-37-46(96)33-51(91)67(105)87-61(43(7)94)71(109)88-62(44(8)95)74(112)90-31-27-52(97)64(90)72(110)89-63(53(98)35-54(78)99)68(106)80-36-56(101)85-60(42(6)93)70(108)82-49(22-20-28-76)75(113)115-48/h23-26,39-44,46,48-53,58-64,92-98H,9-22,27-38,76-77H2,1-8H3,(H2,78,99)(H,79,102)(H,80,106)(H,81,107)(H,82,108)(H,83,103)(H,84,100)(H,85,101)(H,86,104)(H,87,105)(H,88,109)(H,89,110)/t40-,41-,42-,43-,44-,46-,48-,49+,50+,51+,52+,53-,58+,59-,60-,61-,62+,63+,64+/m1/s1. The van der Waals surface area contributed by atoms with Crippen LogP contribution >= 0.6 is 0 Å². The Labute approximate surface area is 668 Å². The summed E-state index contributed by atoms with van der Waals surface area (Å²) in [7, 11) is 0. The molecular formula is C75H124N16O24. The second kappa shape index (κ2) is 49.6. The van der Waals surface area contributed by atoms with Gasteiger partial charge in [0.05, 0.1) is 62.1 Å². The van der Waals surface area contributed by atoms with Gasteiger partial charge in [-0.2, -0.15) is 0 Å². The molecule has 40 nitrogen and oxygen atoms in total. The monoisotopic (exact) mass is 1630 g/mol. The lowest BCUT2D eigenvalue weighted by Gasteiger charge is -2.34. The highest BCUT2D eigenvalue weighted by molar-refractivity contribution is 6.00. The number of unbranched alkanes of at least 4 members (excludes halogenated alkanes) is 10. The van der Waals surface area contributed by atoms with E-state index in [2.05, 4.69) is 65.4 Å². The van der Waals surface area contributed by atoms with Gasteiger partial charge in [0, 0.05) is 39.0 Å². The van der Waals surface area contributed by atoms with Crippen LogP contribution in [0.3, 0.4) is 0 Å². The molecule has 0 radical (unpaired) electrons. The second-order valence-corrected chi connectivity index (χ2v) is 30.1. The van der Waals surface area contributed by atoms with Crippen molar-refractivity contribution in [1.82, 2.24) is 68.3 Å². The van der Waals surface area contributed by atoms with Gasteiger partial charge in [0.1, 0.15) is 78.3 Å². The number of nitrogens with zero attached hydrogens (tertiary/aromatic N) is 2. The molecule has 19 atom stereocenters. The Kier molecular flexibility index (Phi) is 42.3. The van der Waals surface area contributed by atoms with Crippen LogP contribution in [-0.2, 0) is 83.1 Å². The van der Waals surface area contributed by atoms with Crippen molar-refractivity contribution in [2.75, 3.05) is 45.9 Å². The number of esters is 1. The largest absolute Gasteiger partial charge is 0.484 e. The number of benzene rings is 1. The van der Waals surface area contributed by atoms with Crippen LogP contribution in [0, 0.1) is 5.92 Å². The summed E-state index contributed by atoms with van der Waals surface area (Å²) < 4.78 is 11.6. The number of nitrogens with two attached hydrogens (primary N) is 3. The summed E-state index contributed by atoms with van der Waals surface area (Å²) in [5.74, 6) is -17.4. The first-order valence-corrected chi connectivity index (χ1v) is 39.6. The number of carbonyl (C=O) groups excluding carboxylic acids is 15. The number of cyclic esters (lactones) is 1.